The van der Waals surface area contributed by atoms with Crippen LogP contribution < -0.4 is 5.32 Å². The first-order chi connectivity index (χ1) is 8.58. The second-order valence-electron chi connectivity index (χ2n) is 3.95. The SMILES string of the molecule is COC[C@@H](NC(=O)[C@H](C)SC)c1ccc(Cl)cc1. The normalized spacial score (nSPS) is 14.0. The van der Waals surface area contributed by atoms with Gasteiger partial charge in [-0.2, -0.15) is 11.8 Å². The van der Waals surface area contributed by atoms with Crippen LogP contribution in [-0.2, 0) is 9.53 Å². The standard InChI is InChI=1S/C13H18ClNO2S/c1-9(18-3)13(16)15-12(8-17-2)10-4-6-11(14)7-5-10/h4-7,9,12H,8H2,1-3H3,(H,15,16)/t9-,12+/m0/s1. The number of nitrogens with one attached hydrogen (secondary N) is 1. The quantitative estimate of drug-likeness (QED) is 0.874. The number of thioether (sulfide) groups is 1. The van der Waals surface area contributed by atoms with Gasteiger partial charge in [-0.25, -0.2) is 0 Å². The molecule has 0 aliphatic carbocycles. The highest BCUT2D eigenvalue weighted by molar-refractivity contribution is 7.99. The minimum atomic E-state index is -0.144. The van der Waals surface area contributed by atoms with Crippen LogP contribution in [0.3, 0.4) is 0 Å². The monoisotopic (exact) mass is 287 g/mol. The van der Waals surface area contributed by atoms with E-state index in [4.69, 9.17) is 16.3 Å². The van der Waals surface area contributed by atoms with Crippen LogP contribution in [0.1, 0.15) is 18.5 Å². The molecule has 0 saturated heterocycles. The molecule has 0 aliphatic rings. The minimum absolute atomic E-state index is 0.0134. The number of carbonyl (C=O) groups excluding carboxylic acids is 1. The van der Waals surface area contributed by atoms with Crippen LogP contribution >= 0.6 is 23.4 Å². The molecule has 3 nitrogen and oxygen atoms in total. The summed E-state index contributed by atoms with van der Waals surface area (Å²) in [6, 6.07) is 7.27. The lowest BCUT2D eigenvalue weighted by molar-refractivity contribution is -0.121. The number of halogens is 1. The zero-order chi connectivity index (χ0) is 13.5. The van der Waals surface area contributed by atoms with Gasteiger partial charge in [-0.05, 0) is 30.9 Å². The van der Waals surface area contributed by atoms with Gasteiger partial charge >= 0.3 is 0 Å². The number of carbonyl (C=O) groups is 1. The van der Waals surface area contributed by atoms with Crippen molar-refractivity contribution in [2.45, 2.75) is 18.2 Å². The fourth-order valence-electron chi connectivity index (χ4n) is 1.48. The molecule has 2 atom stereocenters. The number of ether oxygens (including phenoxy) is 1. The maximum Gasteiger partial charge on any atom is 0.233 e. The van der Waals surface area contributed by atoms with Gasteiger partial charge in [-0.1, -0.05) is 23.7 Å². The molecule has 1 aromatic rings. The fourth-order valence-corrected chi connectivity index (χ4v) is 1.89. The van der Waals surface area contributed by atoms with Crippen molar-refractivity contribution in [3.63, 3.8) is 0 Å². The predicted octanol–water partition coefficient (Wildman–Crippen LogP) is 2.90. The molecule has 100 valence electrons. The van der Waals surface area contributed by atoms with Crippen LogP contribution in [0.5, 0.6) is 0 Å². The Hall–Kier alpha value is -0.710. The molecule has 0 unspecified atom stereocenters. The van der Waals surface area contributed by atoms with E-state index in [-0.39, 0.29) is 17.2 Å². The molecule has 0 spiro atoms. The van der Waals surface area contributed by atoms with Gasteiger partial charge in [0.1, 0.15) is 0 Å². The zero-order valence-electron chi connectivity index (χ0n) is 10.8. The van der Waals surface area contributed by atoms with Gasteiger partial charge in [0.2, 0.25) is 5.91 Å². The number of hydrogen-bond acceptors (Lipinski definition) is 3. The van der Waals surface area contributed by atoms with Crippen molar-refractivity contribution in [1.29, 1.82) is 0 Å². The Morgan fingerprint density at radius 1 is 1.44 bits per heavy atom. The third-order valence-electron chi connectivity index (χ3n) is 2.64. The Bertz CT molecular complexity index is 383. The highest BCUT2D eigenvalue weighted by Crippen LogP contribution is 2.18. The van der Waals surface area contributed by atoms with Crippen LogP contribution in [-0.4, -0.2) is 31.1 Å². The Labute approximate surface area is 117 Å². The summed E-state index contributed by atoms with van der Waals surface area (Å²) in [6.07, 6.45) is 1.91. The average Bonchev–Trinajstić information content (AvgIpc) is 2.38. The molecule has 0 heterocycles. The van der Waals surface area contributed by atoms with Crippen molar-refractivity contribution < 1.29 is 9.53 Å². The van der Waals surface area contributed by atoms with Crippen LogP contribution in [0.15, 0.2) is 24.3 Å². The predicted molar refractivity (Wildman–Crippen MR) is 77.2 cm³/mol. The van der Waals surface area contributed by atoms with E-state index >= 15 is 0 Å². The van der Waals surface area contributed by atoms with Gasteiger partial charge in [0.15, 0.2) is 0 Å². The largest absolute Gasteiger partial charge is 0.382 e. The lowest BCUT2D eigenvalue weighted by Crippen LogP contribution is -2.36. The second-order valence-corrected chi connectivity index (χ2v) is 5.56. The molecule has 0 fully saturated rings. The van der Waals surface area contributed by atoms with Crippen molar-refractivity contribution in [2.24, 2.45) is 0 Å². The Kier molecular flexibility index (Phi) is 6.54. The molecule has 1 rings (SSSR count). The summed E-state index contributed by atoms with van der Waals surface area (Å²) in [5, 5.41) is 3.58. The average molecular weight is 288 g/mol. The van der Waals surface area contributed by atoms with Crippen LogP contribution in [0.25, 0.3) is 0 Å². The van der Waals surface area contributed by atoms with Crippen molar-refractivity contribution in [3.8, 4) is 0 Å². The maximum atomic E-state index is 11.9. The Balaban J connectivity index is 2.76. The summed E-state index contributed by atoms with van der Waals surface area (Å²) in [7, 11) is 1.62. The number of amides is 1. The number of methoxy groups -OCH3 is 1. The van der Waals surface area contributed by atoms with Crippen molar-refractivity contribution in [3.05, 3.63) is 34.9 Å². The van der Waals surface area contributed by atoms with E-state index in [1.54, 1.807) is 7.11 Å². The van der Waals surface area contributed by atoms with E-state index in [2.05, 4.69) is 5.32 Å². The molecule has 5 heteroatoms. The zero-order valence-corrected chi connectivity index (χ0v) is 12.3. The topological polar surface area (TPSA) is 38.3 Å². The maximum absolute atomic E-state index is 11.9. The molecule has 0 radical (unpaired) electrons. The van der Waals surface area contributed by atoms with E-state index in [9.17, 15) is 4.79 Å². The van der Waals surface area contributed by atoms with Crippen molar-refractivity contribution in [1.82, 2.24) is 5.32 Å². The third kappa shape index (κ3) is 4.52. The highest BCUT2D eigenvalue weighted by atomic mass is 35.5. The first-order valence-corrected chi connectivity index (χ1v) is 7.32. The smallest absolute Gasteiger partial charge is 0.233 e. The van der Waals surface area contributed by atoms with Crippen LogP contribution in [0.4, 0.5) is 0 Å². The van der Waals surface area contributed by atoms with E-state index in [0.29, 0.717) is 11.6 Å². The molecular formula is C13H18ClNO2S. The molecule has 0 saturated carbocycles. The number of hydrogen-bond donors (Lipinski definition) is 1. The molecular weight excluding hydrogens is 270 g/mol. The van der Waals surface area contributed by atoms with Gasteiger partial charge < -0.3 is 10.1 Å². The number of benzene rings is 1. The fraction of sp³-hybridized carbons (Fsp3) is 0.462. The lowest BCUT2D eigenvalue weighted by atomic mass is 10.1. The van der Waals surface area contributed by atoms with Gasteiger partial charge in [0, 0.05) is 12.1 Å². The van der Waals surface area contributed by atoms with E-state index in [0.717, 1.165) is 5.56 Å². The second kappa shape index (κ2) is 7.67. The first-order valence-electron chi connectivity index (χ1n) is 5.66. The van der Waals surface area contributed by atoms with Crippen molar-refractivity contribution >= 4 is 29.3 Å². The van der Waals surface area contributed by atoms with Gasteiger partial charge in [-0.15, -0.1) is 0 Å². The first kappa shape index (κ1) is 15.3. The summed E-state index contributed by atoms with van der Waals surface area (Å²) in [6.45, 7) is 2.32. The third-order valence-corrected chi connectivity index (χ3v) is 3.82. The summed E-state index contributed by atoms with van der Waals surface area (Å²) >= 11 is 7.37. The lowest BCUT2D eigenvalue weighted by Gasteiger charge is -2.20. The van der Waals surface area contributed by atoms with Crippen molar-refractivity contribution in [2.75, 3.05) is 20.0 Å². The van der Waals surface area contributed by atoms with E-state index in [1.165, 1.54) is 11.8 Å². The van der Waals surface area contributed by atoms with E-state index in [1.807, 2.05) is 37.4 Å². The Morgan fingerprint density at radius 2 is 2.06 bits per heavy atom. The van der Waals surface area contributed by atoms with Gasteiger partial charge in [0.25, 0.3) is 0 Å². The summed E-state index contributed by atoms with van der Waals surface area (Å²) in [5.41, 5.74) is 0.989. The molecule has 1 amide bonds. The molecule has 0 aromatic heterocycles. The van der Waals surface area contributed by atoms with E-state index < -0.39 is 0 Å². The van der Waals surface area contributed by atoms with Gasteiger partial charge in [0.05, 0.1) is 17.9 Å². The summed E-state index contributed by atoms with van der Waals surface area (Å²) in [5.74, 6) is 0.0134. The Morgan fingerprint density at radius 3 is 2.56 bits per heavy atom. The van der Waals surface area contributed by atoms with Crippen LogP contribution in [0.2, 0.25) is 5.02 Å². The van der Waals surface area contributed by atoms with Crippen LogP contribution in [0, 0.1) is 0 Å². The minimum Gasteiger partial charge on any atom is -0.382 e. The molecule has 18 heavy (non-hydrogen) atoms. The van der Waals surface area contributed by atoms with Gasteiger partial charge in [-0.3, -0.25) is 4.79 Å². The summed E-state index contributed by atoms with van der Waals surface area (Å²) in [4.78, 5) is 11.9. The number of rotatable bonds is 6. The molecule has 1 aromatic carbocycles. The molecule has 1 N–H and O–H groups in total. The summed E-state index contributed by atoms with van der Waals surface area (Å²) < 4.78 is 5.15. The highest BCUT2D eigenvalue weighted by Gasteiger charge is 2.18. The molecule has 0 bridgehead atoms. The molecule has 0 aliphatic heterocycles.